The van der Waals surface area contributed by atoms with E-state index in [4.69, 9.17) is 5.73 Å². The van der Waals surface area contributed by atoms with Gasteiger partial charge in [0.15, 0.2) is 0 Å². The molecule has 0 aliphatic carbocycles. The zero-order valence-corrected chi connectivity index (χ0v) is 5.06. The Bertz CT molecular complexity index is 81.4. The van der Waals surface area contributed by atoms with Gasteiger partial charge in [-0.05, 0) is 6.92 Å². The van der Waals surface area contributed by atoms with E-state index in [1.54, 1.807) is 14.0 Å². The summed E-state index contributed by atoms with van der Waals surface area (Å²) in [5.74, 6) is -0.201. The van der Waals surface area contributed by atoms with Crippen molar-refractivity contribution in [3.63, 3.8) is 0 Å². The highest BCUT2D eigenvalue weighted by atomic mass is 16.2. The van der Waals surface area contributed by atoms with Crippen LogP contribution in [0.1, 0.15) is 6.92 Å². The average molecular weight is 117 g/mol. The van der Waals surface area contributed by atoms with Crippen molar-refractivity contribution in [2.75, 3.05) is 7.05 Å². The van der Waals surface area contributed by atoms with Gasteiger partial charge in [0.1, 0.15) is 0 Å². The monoisotopic (exact) mass is 117 g/mol. The maximum Gasteiger partial charge on any atom is 0.250 e. The molecule has 0 saturated heterocycles. The fraction of sp³-hybridized carbons (Fsp3) is 0.750. The van der Waals surface area contributed by atoms with E-state index in [9.17, 15) is 4.79 Å². The molecule has 0 rings (SSSR count). The third-order valence-corrected chi connectivity index (χ3v) is 0.662. The Balaban J connectivity index is 3.33. The summed E-state index contributed by atoms with van der Waals surface area (Å²) in [5, 5.41) is 0. The number of nitrogens with one attached hydrogen (secondary N) is 2. The van der Waals surface area contributed by atoms with Gasteiger partial charge < -0.3 is 5.73 Å². The topological polar surface area (TPSA) is 67.1 Å². The summed E-state index contributed by atoms with van der Waals surface area (Å²) in [5.41, 5.74) is 9.97. The van der Waals surface area contributed by atoms with Gasteiger partial charge in [0.2, 0.25) is 0 Å². The molecule has 1 amide bonds. The van der Waals surface area contributed by atoms with Crippen LogP contribution in [0.5, 0.6) is 0 Å². The van der Waals surface area contributed by atoms with Gasteiger partial charge in [-0.3, -0.25) is 10.2 Å². The Kier molecular flexibility index (Phi) is 3.14. The largest absolute Gasteiger partial charge is 0.320 e. The van der Waals surface area contributed by atoms with Crippen LogP contribution in [-0.4, -0.2) is 19.0 Å². The lowest BCUT2D eigenvalue weighted by atomic mass is 10.4. The molecular formula is C4H11N3O. The van der Waals surface area contributed by atoms with Gasteiger partial charge in [-0.25, -0.2) is 5.43 Å². The molecule has 0 radical (unpaired) electrons. The molecule has 0 spiro atoms. The second-order valence-corrected chi connectivity index (χ2v) is 1.53. The number of rotatable bonds is 2. The maximum atomic E-state index is 10.4. The Labute approximate surface area is 48.4 Å². The lowest BCUT2D eigenvalue weighted by Crippen LogP contribution is -2.43. The fourth-order valence-corrected chi connectivity index (χ4v) is 0.237. The van der Waals surface area contributed by atoms with E-state index in [0.717, 1.165) is 0 Å². The molecule has 0 fully saturated rings. The molecule has 4 N–H and O–H groups in total. The number of nitrogens with two attached hydrogens (primary N) is 1. The van der Waals surface area contributed by atoms with Gasteiger partial charge in [-0.1, -0.05) is 0 Å². The Morgan fingerprint density at radius 1 is 1.75 bits per heavy atom. The lowest BCUT2D eigenvalue weighted by molar-refractivity contribution is -0.122. The highest BCUT2D eigenvalue weighted by Gasteiger charge is 2.02. The normalized spacial score (nSPS) is 12.9. The number of carbonyl (C=O) groups excluding carboxylic acids is 1. The number of hydrogen-bond donors (Lipinski definition) is 3. The highest BCUT2D eigenvalue weighted by molar-refractivity contribution is 5.80. The van der Waals surface area contributed by atoms with Crippen molar-refractivity contribution < 1.29 is 4.79 Å². The van der Waals surface area contributed by atoms with Crippen LogP contribution in [0, 0.1) is 0 Å². The standard InChI is InChI=1S/C4H11N3O/c1-3(5)4(8)7-6-2/h3,6H,5H2,1-2H3,(H,7,8)/t3-/m0/s1. The molecule has 1 atom stereocenters. The molecule has 4 nitrogen and oxygen atoms in total. The Hall–Kier alpha value is -0.610. The SMILES string of the molecule is CNNC(=O)[C@H](C)N. The molecule has 0 saturated carbocycles. The van der Waals surface area contributed by atoms with E-state index in [2.05, 4.69) is 10.9 Å². The second kappa shape index (κ2) is 3.40. The molecule has 0 aromatic heterocycles. The molecule has 0 unspecified atom stereocenters. The zero-order chi connectivity index (χ0) is 6.57. The Morgan fingerprint density at radius 3 is 2.38 bits per heavy atom. The van der Waals surface area contributed by atoms with Crippen molar-refractivity contribution in [3.8, 4) is 0 Å². The van der Waals surface area contributed by atoms with Gasteiger partial charge in [0, 0.05) is 7.05 Å². The molecule has 0 aromatic carbocycles. The molecule has 0 aromatic rings. The van der Waals surface area contributed by atoms with Crippen molar-refractivity contribution in [2.24, 2.45) is 5.73 Å². The zero-order valence-electron chi connectivity index (χ0n) is 5.06. The molecule has 48 valence electrons. The molecule has 0 bridgehead atoms. The predicted octanol–water partition coefficient (Wildman–Crippen LogP) is -1.42. The van der Waals surface area contributed by atoms with Crippen LogP contribution < -0.4 is 16.6 Å². The van der Waals surface area contributed by atoms with Crippen molar-refractivity contribution in [2.45, 2.75) is 13.0 Å². The first kappa shape index (κ1) is 7.39. The molecule has 0 heterocycles. The van der Waals surface area contributed by atoms with Gasteiger partial charge in [0.05, 0.1) is 6.04 Å². The number of amides is 1. The lowest BCUT2D eigenvalue weighted by Gasteiger charge is -2.03. The van der Waals surface area contributed by atoms with Gasteiger partial charge in [-0.2, -0.15) is 0 Å². The third kappa shape index (κ3) is 2.54. The number of carbonyl (C=O) groups is 1. The average Bonchev–Trinajstić information content (AvgIpc) is 1.67. The highest BCUT2D eigenvalue weighted by Crippen LogP contribution is 1.69. The van der Waals surface area contributed by atoms with Gasteiger partial charge in [-0.15, -0.1) is 0 Å². The van der Waals surface area contributed by atoms with Crippen LogP contribution in [0.4, 0.5) is 0 Å². The summed E-state index contributed by atoms with van der Waals surface area (Å²) >= 11 is 0. The van der Waals surface area contributed by atoms with E-state index >= 15 is 0 Å². The van der Waals surface area contributed by atoms with Crippen LogP contribution >= 0.6 is 0 Å². The van der Waals surface area contributed by atoms with Crippen LogP contribution in [0.15, 0.2) is 0 Å². The van der Waals surface area contributed by atoms with Crippen molar-refractivity contribution in [1.29, 1.82) is 0 Å². The fourth-order valence-electron chi connectivity index (χ4n) is 0.237. The minimum absolute atomic E-state index is 0.201. The first-order valence-corrected chi connectivity index (χ1v) is 2.40. The summed E-state index contributed by atoms with van der Waals surface area (Å²) in [4.78, 5) is 10.4. The summed E-state index contributed by atoms with van der Waals surface area (Å²) in [6.07, 6.45) is 0. The number of hydrazine groups is 1. The van der Waals surface area contributed by atoms with E-state index < -0.39 is 6.04 Å². The van der Waals surface area contributed by atoms with E-state index in [1.807, 2.05) is 0 Å². The molecule has 0 aliphatic heterocycles. The smallest absolute Gasteiger partial charge is 0.250 e. The Morgan fingerprint density at radius 2 is 2.25 bits per heavy atom. The first-order valence-electron chi connectivity index (χ1n) is 2.40. The van der Waals surface area contributed by atoms with Crippen molar-refractivity contribution in [1.82, 2.24) is 10.9 Å². The summed E-state index contributed by atoms with van der Waals surface area (Å²) in [6.45, 7) is 1.62. The number of hydrogen-bond acceptors (Lipinski definition) is 3. The second-order valence-electron chi connectivity index (χ2n) is 1.53. The molecule has 0 aliphatic rings. The molecular weight excluding hydrogens is 106 g/mol. The summed E-state index contributed by atoms with van der Waals surface area (Å²) in [6, 6.07) is -0.442. The van der Waals surface area contributed by atoms with Gasteiger partial charge in [0.25, 0.3) is 5.91 Å². The third-order valence-electron chi connectivity index (χ3n) is 0.662. The summed E-state index contributed by atoms with van der Waals surface area (Å²) < 4.78 is 0. The minimum atomic E-state index is -0.442. The van der Waals surface area contributed by atoms with Crippen LogP contribution in [-0.2, 0) is 4.79 Å². The van der Waals surface area contributed by atoms with Crippen molar-refractivity contribution in [3.05, 3.63) is 0 Å². The van der Waals surface area contributed by atoms with Crippen LogP contribution in [0.25, 0.3) is 0 Å². The molecule has 4 heteroatoms. The minimum Gasteiger partial charge on any atom is -0.320 e. The van der Waals surface area contributed by atoms with Crippen LogP contribution in [0.3, 0.4) is 0 Å². The van der Waals surface area contributed by atoms with Crippen LogP contribution in [0.2, 0.25) is 0 Å². The maximum absolute atomic E-state index is 10.4. The van der Waals surface area contributed by atoms with Crippen molar-refractivity contribution >= 4 is 5.91 Å². The van der Waals surface area contributed by atoms with E-state index in [0.29, 0.717) is 0 Å². The van der Waals surface area contributed by atoms with E-state index in [-0.39, 0.29) is 5.91 Å². The quantitative estimate of drug-likeness (QED) is 0.389. The van der Waals surface area contributed by atoms with E-state index in [1.165, 1.54) is 0 Å². The first-order chi connectivity index (χ1) is 3.68. The molecule has 8 heavy (non-hydrogen) atoms. The van der Waals surface area contributed by atoms with Gasteiger partial charge >= 0.3 is 0 Å². The predicted molar refractivity (Wildman–Crippen MR) is 30.9 cm³/mol. The summed E-state index contributed by atoms with van der Waals surface area (Å²) in [7, 11) is 1.61.